The molecule has 2 atom stereocenters. The highest BCUT2D eigenvalue weighted by atomic mass is 16.6. The predicted octanol–water partition coefficient (Wildman–Crippen LogP) is 6.94. The third kappa shape index (κ3) is 12.6. The number of carbonyl (C=O) groups is 2. The van der Waals surface area contributed by atoms with Gasteiger partial charge in [-0.1, -0.05) is 48.5 Å². The lowest BCUT2D eigenvalue weighted by Crippen LogP contribution is -2.48. The van der Waals surface area contributed by atoms with Crippen molar-refractivity contribution in [2.24, 2.45) is 0 Å². The predicted molar refractivity (Wildman–Crippen MR) is 193 cm³/mol. The summed E-state index contributed by atoms with van der Waals surface area (Å²) < 4.78 is 35.6. The van der Waals surface area contributed by atoms with Crippen LogP contribution in [0, 0.1) is 0 Å². The minimum atomic E-state index is -0.618. The number of benzene rings is 3. The van der Waals surface area contributed by atoms with Gasteiger partial charge in [-0.25, -0.2) is 4.79 Å². The van der Waals surface area contributed by atoms with Gasteiger partial charge in [0.2, 0.25) is 0 Å². The molecule has 10 heteroatoms. The number of likely N-dealkylation sites (tertiary alicyclic amines) is 1. The Kier molecular flexibility index (Phi) is 15.4. The van der Waals surface area contributed by atoms with Gasteiger partial charge in [0.05, 0.1) is 52.2 Å². The van der Waals surface area contributed by atoms with Crippen LogP contribution in [0.3, 0.4) is 0 Å². The molecule has 272 valence electrons. The molecule has 0 aliphatic carbocycles. The molecule has 1 fully saturated rings. The fourth-order valence-corrected chi connectivity index (χ4v) is 5.86. The Hall–Kier alpha value is -4.12. The molecule has 0 aromatic heterocycles. The van der Waals surface area contributed by atoms with Crippen LogP contribution in [0.2, 0.25) is 0 Å². The molecular formula is C40H54N2O8. The maximum atomic E-state index is 13.4. The van der Waals surface area contributed by atoms with Gasteiger partial charge in [0.15, 0.2) is 0 Å². The Morgan fingerprint density at radius 2 is 1.58 bits per heavy atom. The second-order valence-electron chi connectivity index (χ2n) is 13.4. The van der Waals surface area contributed by atoms with E-state index >= 15 is 0 Å². The first-order valence-electron chi connectivity index (χ1n) is 17.6. The first-order valence-corrected chi connectivity index (χ1v) is 17.6. The van der Waals surface area contributed by atoms with E-state index in [4.69, 9.17) is 28.4 Å². The van der Waals surface area contributed by atoms with E-state index in [0.29, 0.717) is 52.7 Å². The van der Waals surface area contributed by atoms with Gasteiger partial charge in [-0.3, -0.25) is 9.69 Å². The third-order valence-electron chi connectivity index (χ3n) is 8.17. The third-order valence-corrected chi connectivity index (χ3v) is 8.17. The quantitative estimate of drug-likeness (QED) is 0.134. The molecule has 0 spiro atoms. The maximum absolute atomic E-state index is 13.4. The van der Waals surface area contributed by atoms with Crippen molar-refractivity contribution in [1.82, 2.24) is 10.2 Å². The molecular weight excluding hydrogens is 636 g/mol. The highest BCUT2D eigenvalue weighted by Gasteiger charge is 2.38. The van der Waals surface area contributed by atoms with E-state index in [1.54, 1.807) is 18.9 Å². The fraction of sp³-hybridized carbons (Fsp3) is 0.500. The summed E-state index contributed by atoms with van der Waals surface area (Å²) >= 11 is 0. The number of ketones is 1. The summed E-state index contributed by atoms with van der Waals surface area (Å²) in [4.78, 5) is 26.5. The van der Waals surface area contributed by atoms with Gasteiger partial charge in [-0.2, -0.15) is 0 Å². The van der Waals surface area contributed by atoms with Gasteiger partial charge in [-0.15, -0.1) is 0 Å². The van der Waals surface area contributed by atoms with Crippen LogP contribution in [0.5, 0.6) is 17.2 Å². The zero-order valence-corrected chi connectivity index (χ0v) is 30.3. The van der Waals surface area contributed by atoms with Gasteiger partial charge < -0.3 is 33.7 Å². The largest absolute Gasteiger partial charge is 0.496 e. The molecule has 0 saturated carbocycles. The number of ether oxygens (including phenoxy) is 6. The average molecular weight is 691 g/mol. The number of nitrogens with one attached hydrogen (secondary N) is 1. The molecule has 1 heterocycles. The van der Waals surface area contributed by atoms with Gasteiger partial charge in [0.1, 0.15) is 35.2 Å². The van der Waals surface area contributed by atoms with Crippen molar-refractivity contribution in [3.8, 4) is 17.2 Å². The van der Waals surface area contributed by atoms with Gasteiger partial charge in [0, 0.05) is 18.5 Å². The van der Waals surface area contributed by atoms with Crippen LogP contribution < -0.4 is 19.5 Å². The van der Waals surface area contributed by atoms with Crippen LogP contribution in [0.4, 0.5) is 4.79 Å². The summed E-state index contributed by atoms with van der Waals surface area (Å²) in [6.07, 6.45) is 2.50. The van der Waals surface area contributed by atoms with E-state index in [0.717, 1.165) is 59.6 Å². The second kappa shape index (κ2) is 19.9. The summed E-state index contributed by atoms with van der Waals surface area (Å²) in [5, 5.41) is 3.16. The summed E-state index contributed by atoms with van der Waals surface area (Å²) in [6.45, 7) is 11.1. The number of hydrogen-bond donors (Lipinski definition) is 1. The molecule has 10 nitrogen and oxygen atoms in total. The summed E-state index contributed by atoms with van der Waals surface area (Å²) in [6, 6.07) is 23.3. The standard InChI is InChI=1S/C40H54N2O8/c1-30(43)28-41-22-21-31-12-6-9-15-36(31)48-26-27-49-37-16-10-23-42(39(44)50-40(2,3)4)38(37)32-17-19-34(20-18-32)47-25-11-24-46-29-33-13-7-8-14-35(33)45-5/h6-9,12-15,17-20,37-38,41H,10-11,16,21-29H2,1-5H3. The van der Waals surface area contributed by atoms with E-state index < -0.39 is 5.60 Å². The van der Waals surface area contributed by atoms with Gasteiger partial charge >= 0.3 is 6.09 Å². The Morgan fingerprint density at radius 3 is 2.30 bits per heavy atom. The number of nitrogens with zero attached hydrogens (tertiary/aromatic N) is 1. The molecule has 3 aromatic rings. The van der Waals surface area contributed by atoms with Crippen LogP contribution in [0.15, 0.2) is 72.8 Å². The van der Waals surface area contributed by atoms with Gasteiger partial charge in [0.25, 0.3) is 0 Å². The van der Waals surface area contributed by atoms with Crippen molar-refractivity contribution in [3.05, 3.63) is 89.5 Å². The number of methoxy groups -OCH3 is 1. The molecule has 1 aliphatic rings. The van der Waals surface area contributed by atoms with E-state index in [1.165, 1.54) is 0 Å². The fourth-order valence-electron chi connectivity index (χ4n) is 5.86. The highest BCUT2D eigenvalue weighted by Crippen LogP contribution is 2.35. The number of Topliss-reactive ketones (excluding diaryl/α,β-unsaturated/α-hetero) is 1. The lowest BCUT2D eigenvalue weighted by molar-refractivity contribution is -0.116. The first kappa shape index (κ1) is 38.7. The van der Waals surface area contributed by atoms with Gasteiger partial charge in [-0.05, 0) is 88.9 Å². The molecule has 1 aliphatic heterocycles. The van der Waals surface area contributed by atoms with E-state index in [9.17, 15) is 9.59 Å². The topological polar surface area (TPSA) is 105 Å². The maximum Gasteiger partial charge on any atom is 0.410 e. The minimum Gasteiger partial charge on any atom is -0.496 e. The summed E-state index contributed by atoms with van der Waals surface area (Å²) in [5.41, 5.74) is 2.42. The molecule has 3 aromatic carbocycles. The van der Waals surface area contributed by atoms with Crippen molar-refractivity contribution in [3.63, 3.8) is 0 Å². The molecule has 1 amide bonds. The lowest BCUT2D eigenvalue weighted by Gasteiger charge is -2.41. The van der Waals surface area contributed by atoms with E-state index in [1.807, 2.05) is 93.6 Å². The average Bonchev–Trinajstić information content (AvgIpc) is 3.10. The van der Waals surface area contributed by atoms with Crippen LogP contribution in [-0.4, -0.2) is 81.7 Å². The lowest BCUT2D eigenvalue weighted by atomic mass is 9.92. The molecule has 50 heavy (non-hydrogen) atoms. The number of para-hydroxylation sites is 2. The Bertz CT molecular complexity index is 1470. The number of carbonyl (C=O) groups excluding carboxylic acids is 2. The van der Waals surface area contributed by atoms with Crippen molar-refractivity contribution < 1.29 is 38.0 Å². The molecule has 1 saturated heterocycles. The Morgan fingerprint density at radius 1 is 0.860 bits per heavy atom. The zero-order chi connectivity index (χ0) is 35.8. The number of amides is 1. The highest BCUT2D eigenvalue weighted by molar-refractivity contribution is 5.77. The minimum absolute atomic E-state index is 0.112. The van der Waals surface area contributed by atoms with E-state index in [-0.39, 0.29) is 24.0 Å². The van der Waals surface area contributed by atoms with Crippen LogP contribution >= 0.6 is 0 Å². The molecule has 1 N–H and O–H groups in total. The first-order chi connectivity index (χ1) is 24.1. The van der Waals surface area contributed by atoms with Crippen molar-refractivity contribution in [1.29, 1.82) is 0 Å². The van der Waals surface area contributed by atoms with E-state index in [2.05, 4.69) is 5.32 Å². The Balaban J connectivity index is 1.32. The van der Waals surface area contributed by atoms with Crippen molar-refractivity contribution in [2.45, 2.75) is 77.7 Å². The number of piperidine rings is 1. The molecule has 0 bridgehead atoms. The Labute approximate surface area is 297 Å². The normalized spacial score (nSPS) is 16.1. The van der Waals surface area contributed by atoms with Crippen molar-refractivity contribution in [2.75, 3.05) is 53.2 Å². The smallest absolute Gasteiger partial charge is 0.410 e. The number of rotatable bonds is 19. The van der Waals surface area contributed by atoms with Crippen molar-refractivity contribution >= 4 is 11.9 Å². The summed E-state index contributed by atoms with van der Waals surface area (Å²) in [5.74, 6) is 2.48. The van der Waals surface area contributed by atoms with Crippen LogP contribution in [-0.2, 0) is 32.0 Å². The zero-order valence-electron chi connectivity index (χ0n) is 30.3. The van der Waals surface area contributed by atoms with Crippen LogP contribution in [0.1, 0.15) is 69.7 Å². The number of hydrogen-bond acceptors (Lipinski definition) is 9. The molecule has 2 unspecified atom stereocenters. The summed E-state index contributed by atoms with van der Waals surface area (Å²) in [7, 11) is 1.66. The molecule has 0 radical (unpaired) electrons. The monoisotopic (exact) mass is 690 g/mol. The second-order valence-corrected chi connectivity index (χ2v) is 13.4. The molecule has 4 rings (SSSR count). The van der Waals surface area contributed by atoms with Crippen LogP contribution in [0.25, 0.3) is 0 Å². The SMILES string of the molecule is COc1ccccc1COCCCOc1ccc(C2C(OCCOc3ccccc3CCNCC(C)=O)CCCN2C(=O)OC(C)(C)C)cc1.